The third-order valence-corrected chi connectivity index (χ3v) is 7.71. The quantitative estimate of drug-likeness (QED) is 0.475. The average Bonchev–Trinajstić information content (AvgIpc) is 3.33. The van der Waals surface area contributed by atoms with Gasteiger partial charge in [-0.15, -0.1) is 0 Å². The molecule has 4 atom stereocenters. The normalized spacial score (nSPS) is 24.2. The Bertz CT molecular complexity index is 953. The smallest absolute Gasteiger partial charge is 0.225 e. The van der Waals surface area contributed by atoms with Gasteiger partial charge in [0.1, 0.15) is 11.5 Å². The van der Waals surface area contributed by atoms with Gasteiger partial charge in [0.25, 0.3) is 0 Å². The molecule has 3 N–H and O–H groups in total. The monoisotopic (exact) mass is 480 g/mol. The highest BCUT2D eigenvalue weighted by atomic mass is 16.5. The second-order valence-electron chi connectivity index (χ2n) is 10.2. The van der Waals surface area contributed by atoms with E-state index in [9.17, 15) is 9.90 Å². The molecule has 2 aromatic carbocycles. The maximum atomic E-state index is 13.3. The van der Waals surface area contributed by atoms with E-state index in [0.29, 0.717) is 25.3 Å². The lowest BCUT2D eigenvalue weighted by molar-refractivity contribution is -0.141. The maximum absolute atomic E-state index is 13.3. The highest BCUT2D eigenvalue weighted by molar-refractivity contribution is 5.79. The van der Waals surface area contributed by atoms with E-state index < -0.39 is 5.60 Å². The number of hydrogen-bond donors (Lipinski definition) is 2. The Morgan fingerprint density at radius 1 is 1.09 bits per heavy atom. The lowest BCUT2D eigenvalue weighted by Crippen LogP contribution is -2.49. The molecular formula is C29H40N2O4. The molecular weight excluding hydrogens is 440 g/mol. The zero-order valence-corrected chi connectivity index (χ0v) is 20.9. The second kappa shape index (κ2) is 12.0. The zero-order chi connectivity index (χ0) is 24.7. The Kier molecular flexibility index (Phi) is 8.82. The summed E-state index contributed by atoms with van der Waals surface area (Å²) < 4.78 is 11.5. The molecule has 1 saturated carbocycles. The average molecular weight is 481 g/mol. The number of carbonyl (C=O) groups excluding carboxylic acids is 1. The molecule has 1 heterocycles. The molecule has 0 radical (unpaired) electrons. The van der Waals surface area contributed by atoms with Gasteiger partial charge in [0.05, 0.1) is 5.60 Å². The molecule has 1 aliphatic heterocycles. The van der Waals surface area contributed by atoms with Gasteiger partial charge < -0.3 is 25.2 Å². The number of amides is 1. The SMILES string of the molecule is COCCCCC(O)(c1ccccc1Oc1ccccc1)[C@@H]1CCCN(C(=O)[C@@H]2CC[C@@H](N)C2)C1. The number of ether oxygens (including phenoxy) is 2. The highest BCUT2D eigenvalue weighted by Crippen LogP contribution is 2.44. The van der Waals surface area contributed by atoms with Crippen molar-refractivity contribution < 1.29 is 19.4 Å². The Morgan fingerprint density at radius 2 is 1.86 bits per heavy atom. The van der Waals surface area contributed by atoms with Crippen LogP contribution >= 0.6 is 0 Å². The summed E-state index contributed by atoms with van der Waals surface area (Å²) in [6.45, 7) is 1.98. The third-order valence-electron chi connectivity index (χ3n) is 7.71. The van der Waals surface area contributed by atoms with Crippen LogP contribution in [0.1, 0.15) is 56.9 Å². The molecule has 4 rings (SSSR count). The van der Waals surface area contributed by atoms with E-state index in [4.69, 9.17) is 15.2 Å². The van der Waals surface area contributed by atoms with Gasteiger partial charge in [-0.1, -0.05) is 36.4 Å². The molecule has 0 spiro atoms. The molecule has 2 aliphatic rings. The van der Waals surface area contributed by atoms with Gasteiger partial charge in [-0.2, -0.15) is 0 Å². The molecule has 2 fully saturated rings. The minimum absolute atomic E-state index is 0.0206. The van der Waals surface area contributed by atoms with Gasteiger partial charge in [-0.25, -0.2) is 0 Å². The van der Waals surface area contributed by atoms with Crippen molar-refractivity contribution in [3.63, 3.8) is 0 Å². The first-order chi connectivity index (χ1) is 17.0. The van der Waals surface area contributed by atoms with E-state index >= 15 is 0 Å². The predicted molar refractivity (Wildman–Crippen MR) is 137 cm³/mol. The fourth-order valence-corrected chi connectivity index (χ4v) is 5.79. The van der Waals surface area contributed by atoms with Crippen molar-refractivity contribution in [3.05, 3.63) is 60.2 Å². The van der Waals surface area contributed by atoms with Crippen molar-refractivity contribution in [1.82, 2.24) is 4.90 Å². The zero-order valence-electron chi connectivity index (χ0n) is 20.9. The molecule has 1 aliphatic carbocycles. The summed E-state index contributed by atoms with van der Waals surface area (Å²) in [6, 6.07) is 17.6. The van der Waals surface area contributed by atoms with Crippen molar-refractivity contribution in [2.45, 2.75) is 63.0 Å². The van der Waals surface area contributed by atoms with Gasteiger partial charge in [0.2, 0.25) is 5.91 Å². The molecule has 1 unspecified atom stereocenters. The third kappa shape index (κ3) is 6.24. The van der Waals surface area contributed by atoms with Crippen molar-refractivity contribution >= 4 is 5.91 Å². The van der Waals surface area contributed by atoms with E-state index in [1.165, 1.54) is 0 Å². The summed E-state index contributed by atoms with van der Waals surface area (Å²) in [5.41, 5.74) is 5.78. The van der Waals surface area contributed by atoms with Crippen LogP contribution < -0.4 is 10.5 Å². The van der Waals surface area contributed by atoms with Crippen LogP contribution in [0.2, 0.25) is 0 Å². The molecule has 190 valence electrons. The largest absolute Gasteiger partial charge is 0.457 e. The van der Waals surface area contributed by atoms with Crippen LogP contribution in [0.25, 0.3) is 0 Å². The number of likely N-dealkylation sites (tertiary alicyclic amines) is 1. The molecule has 35 heavy (non-hydrogen) atoms. The number of para-hydroxylation sites is 2. The first kappa shape index (κ1) is 25.7. The van der Waals surface area contributed by atoms with Crippen LogP contribution in [0.5, 0.6) is 11.5 Å². The number of benzene rings is 2. The lowest BCUT2D eigenvalue weighted by atomic mass is 9.73. The second-order valence-corrected chi connectivity index (χ2v) is 10.2. The highest BCUT2D eigenvalue weighted by Gasteiger charge is 2.44. The molecule has 2 aromatic rings. The summed E-state index contributed by atoms with van der Waals surface area (Å²) in [5.74, 6) is 1.56. The summed E-state index contributed by atoms with van der Waals surface area (Å²) in [6.07, 6.45) is 6.60. The molecule has 0 aromatic heterocycles. The first-order valence-corrected chi connectivity index (χ1v) is 13.1. The predicted octanol–water partition coefficient (Wildman–Crippen LogP) is 4.85. The van der Waals surface area contributed by atoms with E-state index in [1.54, 1.807) is 7.11 Å². The van der Waals surface area contributed by atoms with E-state index in [0.717, 1.165) is 62.8 Å². The Hall–Kier alpha value is -2.41. The van der Waals surface area contributed by atoms with E-state index in [1.807, 2.05) is 59.5 Å². The number of rotatable bonds is 10. The Balaban J connectivity index is 1.59. The number of nitrogens with two attached hydrogens (primary N) is 1. The van der Waals surface area contributed by atoms with Crippen LogP contribution in [-0.2, 0) is 15.1 Å². The molecule has 1 saturated heterocycles. The topological polar surface area (TPSA) is 85.0 Å². The van der Waals surface area contributed by atoms with Gasteiger partial charge in [-0.3, -0.25) is 4.79 Å². The number of aliphatic hydroxyl groups is 1. The number of hydrogen-bond acceptors (Lipinski definition) is 5. The van der Waals surface area contributed by atoms with E-state index in [-0.39, 0.29) is 23.8 Å². The number of nitrogens with zero attached hydrogens (tertiary/aromatic N) is 1. The fraction of sp³-hybridized carbons (Fsp3) is 0.552. The van der Waals surface area contributed by atoms with E-state index in [2.05, 4.69) is 0 Å². The fourth-order valence-electron chi connectivity index (χ4n) is 5.79. The Morgan fingerprint density at radius 3 is 2.60 bits per heavy atom. The minimum atomic E-state index is -1.11. The maximum Gasteiger partial charge on any atom is 0.225 e. The number of unbranched alkanes of at least 4 members (excludes halogenated alkanes) is 1. The van der Waals surface area contributed by atoms with Crippen molar-refractivity contribution in [3.8, 4) is 11.5 Å². The molecule has 6 heteroatoms. The van der Waals surface area contributed by atoms with Gasteiger partial charge in [0.15, 0.2) is 0 Å². The van der Waals surface area contributed by atoms with Gasteiger partial charge in [0, 0.05) is 50.2 Å². The first-order valence-electron chi connectivity index (χ1n) is 13.1. The van der Waals surface area contributed by atoms with Crippen molar-refractivity contribution in [2.75, 3.05) is 26.8 Å². The summed E-state index contributed by atoms with van der Waals surface area (Å²) in [4.78, 5) is 15.3. The molecule has 6 nitrogen and oxygen atoms in total. The molecule has 0 bridgehead atoms. The lowest BCUT2D eigenvalue weighted by Gasteiger charge is -2.44. The summed E-state index contributed by atoms with van der Waals surface area (Å²) in [5, 5.41) is 12.4. The number of piperidine rings is 1. The minimum Gasteiger partial charge on any atom is -0.457 e. The summed E-state index contributed by atoms with van der Waals surface area (Å²) >= 11 is 0. The number of methoxy groups -OCH3 is 1. The van der Waals surface area contributed by atoms with Crippen LogP contribution in [0.4, 0.5) is 0 Å². The van der Waals surface area contributed by atoms with Crippen LogP contribution in [0, 0.1) is 11.8 Å². The molecule has 1 amide bonds. The van der Waals surface area contributed by atoms with Crippen LogP contribution in [0.3, 0.4) is 0 Å². The summed E-state index contributed by atoms with van der Waals surface area (Å²) in [7, 11) is 1.70. The van der Waals surface area contributed by atoms with Gasteiger partial charge >= 0.3 is 0 Å². The van der Waals surface area contributed by atoms with Crippen molar-refractivity contribution in [2.24, 2.45) is 17.6 Å². The van der Waals surface area contributed by atoms with Crippen molar-refractivity contribution in [1.29, 1.82) is 0 Å². The van der Waals surface area contributed by atoms with Gasteiger partial charge in [-0.05, 0) is 69.6 Å². The Labute approximate surface area is 209 Å². The van der Waals surface area contributed by atoms with Crippen LogP contribution in [0.15, 0.2) is 54.6 Å². The standard InChI is InChI=1S/C29H40N2O4/c1-34-19-8-7-17-29(33,26-13-5-6-14-27(26)35-25-11-3-2-4-12-25)23-10-9-18-31(21-23)28(32)22-15-16-24(30)20-22/h2-6,11-14,22-24,33H,7-10,15-21,30H2,1H3/t22-,23-,24-,29?/m1/s1. The van der Waals surface area contributed by atoms with Crippen LogP contribution in [-0.4, -0.2) is 48.8 Å². The number of carbonyl (C=O) groups is 1.